The summed E-state index contributed by atoms with van der Waals surface area (Å²) in [5, 5.41) is 4.14. The van der Waals surface area contributed by atoms with Crippen molar-refractivity contribution in [3.63, 3.8) is 0 Å². The maximum Gasteiger partial charge on any atom is 0.0479 e. The lowest BCUT2D eigenvalue weighted by molar-refractivity contribution is 0.588. The van der Waals surface area contributed by atoms with Crippen LogP contribution in [0.1, 0.15) is 33.3 Å². The van der Waals surface area contributed by atoms with E-state index < -0.39 is 0 Å². The molecule has 0 saturated carbocycles. The molecule has 1 atom stereocenters. The number of fused-ring (bicyclic) bond motifs is 1. The van der Waals surface area contributed by atoms with Gasteiger partial charge in [0.15, 0.2) is 0 Å². The van der Waals surface area contributed by atoms with E-state index in [2.05, 4.69) is 51.2 Å². The van der Waals surface area contributed by atoms with E-state index in [4.69, 9.17) is 0 Å². The zero-order valence-electron chi connectivity index (χ0n) is 9.92. The number of benzene rings is 1. The van der Waals surface area contributed by atoms with Gasteiger partial charge in [0.1, 0.15) is 0 Å². The van der Waals surface area contributed by atoms with Crippen LogP contribution in [0.5, 0.6) is 0 Å². The molecule has 2 heteroatoms. The topological polar surface area (TPSA) is 12.0 Å². The molecule has 1 unspecified atom stereocenters. The second kappa shape index (κ2) is 3.75. The molecule has 0 aliphatic carbocycles. The molecule has 1 aliphatic heterocycles. The molecule has 0 aromatic heterocycles. The van der Waals surface area contributed by atoms with Gasteiger partial charge in [-0.3, -0.25) is 0 Å². The molecular formula is C13H19NS. The summed E-state index contributed by atoms with van der Waals surface area (Å²) in [6, 6.07) is 6.79. The van der Waals surface area contributed by atoms with Gasteiger partial charge in [-0.25, -0.2) is 0 Å². The summed E-state index contributed by atoms with van der Waals surface area (Å²) in [6.45, 7) is 10.1. The highest BCUT2D eigenvalue weighted by atomic mass is 32.2. The Morgan fingerprint density at radius 1 is 1.33 bits per heavy atom. The summed E-state index contributed by atoms with van der Waals surface area (Å²) in [7, 11) is 0. The summed E-state index contributed by atoms with van der Waals surface area (Å²) in [5.41, 5.74) is 2.96. The first-order valence-corrected chi connectivity index (χ1v) is 6.40. The number of hydrogen-bond acceptors (Lipinski definition) is 2. The molecule has 0 radical (unpaired) electrons. The van der Waals surface area contributed by atoms with E-state index in [1.165, 1.54) is 16.1 Å². The van der Waals surface area contributed by atoms with Crippen LogP contribution in [-0.4, -0.2) is 11.8 Å². The van der Waals surface area contributed by atoms with Crippen molar-refractivity contribution in [2.24, 2.45) is 0 Å². The highest BCUT2D eigenvalue weighted by Crippen LogP contribution is 2.37. The molecular weight excluding hydrogens is 202 g/mol. The van der Waals surface area contributed by atoms with Gasteiger partial charge in [0.25, 0.3) is 0 Å². The summed E-state index contributed by atoms with van der Waals surface area (Å²) in [4.78, 5) is 1.40. The Morgan fingerprint density at radius 2 is 2.07 bits per heavy atom. The van der Waals surface area contributed by atoms with Crippen molar-refractivity contribution in [3.05, 3.63) is 23.8 Å². The highest BCUT2D eigenvalue weighted by Gasteiger charge is 2.19. The highest BCUT2D eigenvalue weighted by molar-refractivity contribution is 8.00. The van der Waals surface area contributed by atoms with Crippen molar-refractivity contribution in [2.45, 2.75) is 43.3 Å². The number of nitrogens with one attached hydrogen (secondary N) is 1. The third-order valence-electron chi connectivity index (χ3n) is 2.76. The number of thioether (sulfide) groups is 1. The fraction of sp³-hybridized carbons (Fsp3) is 0.538. The predicted molar refractivity (Wildman–Crippen MR) is 69.0 cm³/mol. The fourth-order valence-electron chi connectivity index (χ4n) is 1.74. The van der Waals surface area contributed by atoms with E-state index in [-0.39, 0.29) is 5.41 Å². The molecule has 0 bridgehead atoms. The van der Waals surface area contributed by atoms with Crippen LogP contribution in [0.4, 0.5) is 5.69 Å². The van der Waals surface area contributed by atoms with Gasteiger partial charge in [0.2, 0.25) is 0 Å². The Kier molecular flexibility index (Phi) is 2.72. The van der Waals surface area contributed by atoms with E-state index >= 15 is 0 Å². The molecule has 0 spiro atoms. The number of rotatable bonds is 0. The predicted octanol–water partition coefficient (Wildman–Crippen LogP) is 3.89. The second-order valence-corrected chi connectivity index (χ2v) is 6.75. The van der Waals surface area contributed by atoms with Crippen molar-refractivity contribution >= 4 is 17.4 Å². The van der Waals surface area contributed by atoms with E-state index in [0.29, 0.717) is 5.25 Å². The molecule has 0 saturated heterocycles. The Morgan fingerprint density at radius 3 is 2.73 bits per heavy atom. The monoisotopic (exact) mass is 221 g/mol. The van der Waals surface area contributed by atoms with Crippen LogP contribution in [0.2, 0.25) is 0 Å². The Balaban J connectivity index is 2.37. The van der Waals surface area contributed by atoms with Crippen molar-refractivity contribution in [1.29, 1.82) is 0 Å². The van der Waals surface area contributed by atoms with Gasteiger partial charge in [0.05, 0.1) is 0 Å². The molecule has 82 valence electrons. The summed E-state index contributed by atoms with van der Waals surface area (Å²) < 4.78 is 0. The third-order valence-corrected chi connectivity index (χ3v) is 3.92. The van der Waals surface area contributed by atoms with Crippen molar-refractivity contribution in [2.75, 3.05) is 11.9 Å². The fourth-order valence-corrected chi connectivity index (χ4v) is 2.81. The third kappa shape index (κ3) is 2.31. The molecule has 2 rings (SSSR count). The molecule has 1 aromatic carbocycles. The lowest BCUT2D eigenvalue weighted by Gasteiger charge is -2.26. The molecule has 0 fully saturated rings. The van der Waals surface area contributed by atoms with E-state index in [1.54, 1.807) is 0 Å². The van der Waals surface area contributed by atoms with Gasteiger partial charge in [-0.2, -0.15) is 0 Å². The first-order valence-electron chi connectivity index (χ1n) is 5.52. The van der Waals surface area contributed by atoms with Crippen molar-refractivity contribution in [1.82, 2.24) is 0 Å². The van der Waals surface area contributed by atoms with E-state index in [0.717, 1.165) is 6.54 Å². The van der Waals surface area contributed by atoms with Crippen LogP contribution in [-0.2, 0) is 5.41 Å². The van der Waals surface area contributed by atoms with Crippen LogP contribution in [0.25, 0.3) is 0 Å². The average molecular weight is 221 g/mol. The quantitative estimate of drug-likeness (QED) is 0.713. The molecule has 1 aromatic rings. The van der Waals surface area contributed by atoms with Gasteiger partial charge in [-0.15, -0.1) is 11.8 Å². The van der Waals surface area contributed by atoms with Crippen LogP contribution in [0, 0.1) is 0 Å². The van der Waals surface area contributed by atoms with Crippen LogP contribution >= 0.6 is 11.8 Å². The van der Waals surface area contributed by atoms with Gasteiger partial charge in [0, 0.05) is 22.4 Å². The summed E-state index contributed by atoms with van der Waals surface area (Å²) in [5.74, 6) is 0. The maximum atomic E-state index is 3.47. The van der Waals surface area contributed by atoms with Gasteiger partial charge < -0.3 is 5.32 Å². The minimum Gasteiger partial charge on any atom is -0.383 e. The lowest BCUT2D eigenvalue weighted by Crippen LogP contribution is -2.19. The standard InChI is InChI=1S/C13H19NS/c1-9-8-14-11-6-5-10(13(2,3)4)7-12(11)15-9/h5-7,9,14H,8H2,1-4H3. The SMILES string of the molecule is CC1CNc2ccc(C(C)(C)C)cc2S1. The second-order valence-electron chi connectivity index (χ2n) is 5.27. The minimum atomic E-state index is 0.246. The molecule has 1 nitrogen and oxygen atoms in total. The van der Waals surface area contributed by atoms with Crippen molar-refractivity contribution in [3.8, 4) is 0 Å². The van der Waals surface area contributed by atoms with Crippen LogP contribution in [0.3, 0.4) is 0 Å². The first-order chi connectivity index (χ1) is 6.97. The van der Waals surface area contributed by atoms with Crippen LogP contribution in [0.15, 0.2) is 23.1 Å². The molecule has 1 aliphatic rings. The molecule has 1 heterocycles. The van der Waals surface area contributed by atoms with E-state index in [1.807, 2.05) is 11.8 Å². The Hall–Kier alpha value is -0.630. The maximum absolute atomic E-state index is 3.47. The van der Waals surface area contributed by atoms with E-state index in [9.17, 15) is 0 Å². The Bertz CT molecular complexity index is 365. The first kappa shape index (κ1) is 10.9. The van der Waals surface area contributed by atoms with Crippen molar-refractivity contribution < 1.29 is 0 Å². The summed E-state index contributed by atoms with van der Waals surface area (Å²) >= 11 is 1.98. The number of anilines is 1. The zero-order chi connectivity index (χ0) is 11.1. The van der Waals surface area contributed by atoms with Gasteiger partial charge in [-0.05, 0) is 23.1 Å². The lowest BCUT2D eigenvalue weighted by atomic mass is 9.87. The normalized spacial score (nSPS) is 20.7. The average Bonchev–Trinajstić information content (AvgIpc) is 2.15. The smallest absolute Gasteiger partial charge is 0.0479 e. The number of hydrogen-bond donors (Lipinski definition) is 1. The van der Waals surface area contributed by atoms with Gasteiger partial charge in [-0.1, -0.05) is 33.8 Å². The molecule has 1 N–H and O–H groups in total. The molecule has 0 amide bonds. The largest absolute Gasteiger partial charge is 0.383 e. The summed E-state index contributed by atoms with van der Waals surface area (Å²) in [6.07, 6.45) is 0. The minimum absolute atomic E-state index is 0.246. The zero-order valence-corrected chi connectivity index (χ0v) is 10.7. The van der Waals surface area contributed by atoms with Crippen LogP contribution < -0.4 is 5.32 Å². The Labute approximate surface area is 96.7 Å². The molecule has 15 heavy (non-hydrogen) atoms. The van der Waals surface area contributed by atoms with Gasteiger partial charge >= 0.3 is 0 Å².